The van der Waals surface area contributed by atoms with Crippen LogP contribution >= 0.6 is 0 Å². The third kappa shape index (κ3) is 4.65. The zero-order valence-electron chi connectivity index (χ0n) is 17.3. The highest BCUT2D eigenvalue weighted by Crippen LogP contribution is 2.26. The molecule has 0 bridgehead atoms. The number of anilines is 1. The molecule has 0 spiro atoms. The number of nitrogens with one attached hydrogen (secondary N) is 1. The maximum absolute atomic E-state index is 13.2. The molecule has 2 saturated heterocycles. The lowest BCUT2D eigenvalue weighted by Crippen LogP contribution is -2.36. The average molecular weight is 408 g/mol. The lowest BCUT2D eigenvalue weighted by atomic mass is 10.0. The first-order chi connectivity index (χ1) is 14.6. The van der Waals surface area contributed by atoms with Gasteiger partial charge in [0.2, 0.25) is 0 Å². The molecule has 158 valence electrons. The van der Waals surface area contributed by atoms with E-state index in [0.717, 1.165) is 50.0 Å². The first-order valence-corrected chi connectivity index (χ1v) is 10.6. The highest BCUT2D eigenvalue weighted by Gasteiger charge is 2.30. The molecule has 2 amide bonds. The van der Waals surface area contributed by atoms with Gasteiger partial charge in [-0.05, 0) is 68.0 Å². The molecule has 2 heterocycles. The van der Waals surface area contributed by atoms with E-state index in [1.807, 2.05) is 35.2 Å². The van der Waals surface area contributed by atoms with Crippen molar-refractivity contribution in [1.82, 2.24) is 4.90 Å². The minimum atomic E-state index is -0.393. The van der Waals surface area contributed by atoms with E-state index >= 15 is 0 Å². The quantitative estimate of drug-likeness (QED) is 0.792. The maximum Gasteiger partial charge on any atom is 0.254 e. The lowest BCUT2D eigenvalue weighted by molar-refractivity contribution is -0.124. The number of carbonyl (C=O) groups excluding carboxylic acids is 2. The van der Waals surface area contributed by atoms with Crippen LogP contribution in [0.3, 0.4) is 0 Å². The summed E-state index contributed by atoms with van der Waals surface area (Å²) in [6.45, 7) is 1.38. The van der Waals surface area contributed by atoms with Gasteiger partial charge < -0.3 is 19.7 Å². The van der Waals surface area contributed by atoms with Crippen molar-refractivity contribution in [2.24, 2.45) is 0 Å². The summed E-state index contributed by atoms with van der Waals surface area (Å²) in [7, 11) is 1.66. The van der Waals surface area contributed by atoms with Crippen molar-refractivity contribution in [3.63, 3.8) is 0 Å². The van der Waals surface area contributed by atoms with Crippen LogP contribution in [0.5, 0.6) is 5.75 Å². The van der Waals surface area contributed by atoms with E-state index in [4.69, 9.17) is 9.47 Å². The van der Waals surface area contributed by atoms with Crippen LogP contribution in [0.15, 0.2) is 48.5 Å². The third-order valence-electron chi connectivity index (χ3n) is 5.84. The van der Waals surface area contributed by atoms with Gasteiger partial charge in [0.15, 0.2) is 0 Å². The highest BCUT2D eigenvalue weighted by molar-refractivity contribution is 5.98. The summed E-state index contributed by atoms with van der Waals surface area (Å²) in [6, 6.07) is 15.4. The van der Waals surface area contributed by atoms with E-state index in [1.54, 1.807) is 19.2 Å². The van der Waals surface area contributed by atoms with Gasteiger partial charge in [0.25, 0.3) is 11.8 Å². The monoisotopic (exact) mass is 408 g/mol. The standard InChI is InChI=1S/C24H28N2O4/c1-29-21-10-2-6-17(15-21)14-20-9-4-12-26(20)24(28)18-7-3-8-19(16-18)25-23(27)22-11-5-13-30-22/h2-3,6-8,10,15-16,20,22H,4-5,9,11-14H2,1H3,(H,25,27). The third-order valence-corrected chi connectivity index (χ3v) is 5.84. The zero-order chi connectivity index (χ0) is 20.9. The van der Waals surface area contributed by atoms with Crippen LogP contribution in [-0.2, 0) is 16.0 Å². The van der Waals surface area contributed by atoms with Crippen LogP contribution in [-0.4, -0.2) is 49.1 Å². The number of methoxy groups -OCH3 is 1. The molecular formula is C24H28N2O4. The first-order valence-electron chi connectivity index (χ1n) is 10.6. The molecule has 0 aromatic heterocycles. The Morgan fingerprint density at radius 2 is 2.00 bits per heavy atom. The van der Waals surface area contributed by atoms with Crippen LogP contribution < -0.4 is 10.1 Å². The largest absolute Gasteiger partial charge is 0.497 e. The molecule has 2 atom stereocenters. The zero-order valence-corrected chi connectivity index (χ0v) is 17.3. The Balaban J connectivity index is 1.44. The van der Waals surface area contributed by atoms with Gasteiger partial charge in [0.05, 0.1) is 7.11 Å². The van der Waals surface area contributed by atoms with Crippen molar-refractivity contribution in [3.05, 3.63) is 59.7 Å². The Bertz CT molecular complexity index is 908. The molecule has 6 heteroatoms. The van der Waals surface area contributed by atoms with Crippen LogP contribution in [0, 0.1) is 0 Å². The maximum atomic E-state index is 13.2. The molecule has 2 aromatic carbocycles. The van der Waals surface area contributed by atoms with E-state index in [2.05, 4.69) is 11.4 Å². The molecule has 0 radical (unpaired) electrons. The van der Waals surface area contributed by atoms with E-state index in [9.17, 15) is 9.59 Å². The van der Waals surface area contributed by atoms with Crippen molar-refractivity contribution in [3.8, 4) is 5.75 Å². The van der Waals surface area contributed by atoms with Gasteiger partial charge in [0, 0.05) is 30.4 Å². The fourth-order valence-corrected chi connectivity index (χ4v) is 4.29. The fraction of sp³-hybridized carbons (Fsp3) is 0.417. The molecule has 1 N–H and O–H groups in total. The van der Waals surface area contributed by atoms with Gasteiger partial charge in [0.1, 0.15) is 11.9 Å². The van der Waals surface area contributed by atoms with Crippen molar-refractivity contribution in [2.75, 3.05) is 25.6 Å². The normalized spacial score (nSPS) is 20.9. The molecule has 6 nitrogen and oxygen atoms in total. The molecule has 30 heavy (non-hydrogen) atoms. The molecule has 2 aliphatic rings. The molecule has 2 aliphatic heterocycles. The average Bonchev–Trinajstić information content (AvgIpc) is 3.46. The van der Waals surface area contributed by atoms with E-state index < -0.39 is 6.10 Å². The molecule has 2 aromatic rings. The summed E-state index contributed by atoms with van der Waals surface area (Å²) in [5.41, 5.74) is 2.39. The van der Waals surface area contributed by atoms with Crippen molar-refractivity contribution in [2.45, 2.75) is 44.2 Å². The Kier molecular flexibility index (Phi) is 6.33. The number of hydrogen-bond acceptors (Lipinski definition) is 4. The summed E-state index contributed by atoms with van der Waals surface area (Å²) in [5.74, 6) is 0.695. The van der Waals surface area contributed by atoms with Gasteiger partial charge >= 0.3 is 0 Å². The number of hydrogen-bond donors (Lipinski definition) is 1. The number of nitrogens with zero attached hydrogens (tertiary/aromatic N) is 1. The van der Waals surface area contributed by atoms with E-state index in [0.29, 0.717) is 17.9 Å². The van der Waals surface area contributed by atoms with Crippen molar-refractivity contribution in [1.29, 1.82) is 0 Å². The van der Waals surface area contributed by atoms with Gasteiger partial charge in [-0.1, -0.05) is 18.2 Å². The Labute approximate surface area is 177 Å². The number of rotatable bonds is 6. The highest BCUT2D eigenvalue weighted by atomic mass is 16.5. The topological polar surface area (TPSA) is 67.9 Å². The Morgan fingerprint density at radius 3 is 2.80 bits per heavy atom. The van der Waals surface area contributed by atoms with E-state index in [-0.39, 0.29) is 17.9 Å². The molecule has 2 fully saturated rings. The summed E-state index contributed by atoms with van der Waals surface area (Å²) in [6.07, 6.45) is 4.03. The smallest absolute Gasteiger partial charge is 0.254 e. The number of benzene rings is 2. The molecular weight excluding hydrogens is 380 g/mol. The number of carbonyl (C=O) groups is 2. The summed E-state index contributed by atoms with van der Waals surface area (Å²) in [4.78, 5) is 27.5. The Morgan fingerprint density at radius 1 is 1.13 bits per heavy atom. The summed E-state index contributed by atoms with van der Waals surface area (Å²) < 4.78 is 10.8. The molecule has 0 saturated carbocycles. The van der Waals surface area contributed by atoms with Gasteiger partial charge in [-0.2, -0.15) is 0 Å². The van der Waals surface area contributed by atoms with Crippen LogP contribution in [0.1, 0.15) is 41.6 Å². The van der Waals surface area contributed by atoms with Crippen LogP contribution in [0.2, 0.25) is 0 Å². The molecule has 4 rings (SSSR count). The second-order valence-corrected chi connectivity index (χ2v) is 7.92. The molecule has 2 unspecified atom stereocenters. The van der Waals surface area contributed by atoms with E-state index in [1.165, 1.54) is 0 Å². The SMILES string of the molecule is COc1cccc(CC2CCCN2C(=O)c2cccc(NC(=O)C3CCCO3)c2)c1. The minimum absolute atomic E-state index is 0.00797. The van der Waals surface area contributed by atoms with Crippen molar-refractivity contribution < 1.29 is 19.1 Å². The Hall–Kier alpha value is -2.86. The lowest BCUT2D eigenvalue weighted by Gasteiger charge is -2.25. The minimum Gasteiger partial charge on any atom is -0.497 e. The van der Waals surface area contributed by atoms with Gasteiger partial charge in [-0.3, -0.25) is 9.59 Å². The van der Waals surface area contributed by atoms with Gasteiger partial charge in [-0.25, -0.2) is 0 Å². The second kappa shape index (κ2) is 9.30. The molecule has 0 aliphatic carbocycles. The predicted octanol–water partition coefficient (Wildman–Crippen LogP) is 3.66. The first kappa shape index (κ1) is 20.4. The fourth-order valence-electron chi connectivity index (χ4n) is 4.29. The van der Waals surface area contributed by atoms with Gasteiger partial charge in [-0.15, -0.1) is 0 Å². The number of amides is 2. The van der Waals surface area contributed by atoms with Crippen LogP contribution in [0.25, 0.3) is 0 Å². The second-order valence-electron chi connectivity index (χ2n) is 7.92. The predicted molar refractivity (Wildman–Crippen MR) is 115 cm³/mol. The van der Waals surface area contributed by atoms with Crippen molar-refractivity contribution >= 4 is 17.5 Å². The number of ether oxygens (including phenoxy) is 2. The number of likely N-dealkylation sites (tertiary alicyclic amines) is 1. The summed E-state index contributed by atoms with van der Waals surface area (Å²) in [5, 5.41) is 2.88. The van der Waals surface area contributed by atoms with Crippen LogP contribution in [0.4, 0.5) is 5.69 Å². The summed E-state index contributed by atoms with van der Waals surface area (Å²) >= 11 is 0.